The highest BCUT2D eigenvalue weighted by molar-refractivity contribution is 5.98. The number of fused-ring (bicyclic) bond motifs is 1. The maximum Gasteiger partial charge on any atom is 0.272 e. The number of unbranched alkanes of at least 4 members (excludes halogenated alkanes) is 3. The third kappa shape index (κ3) is 5.92. The molecule has 0 aliphatic rings. The molecule has 0 spiro atoms. The van der Waals surface area contributed by atoms with Crippen molar-refractivity contribution in [1.29, 1.82) is 0 Å². The first kappa shape index (κ1) is 22.4. The maximum atomic E-state index is 12.5. The number of carbonyl (C=O) groups excluding carboxylic acids is 1. The van der Waals surface area contributed by atoms with E-state index in [1.165, 1.54) is 10.8 Å². The van der Waals surface area contributed by atoms with Crippen molar-refractivity contribution in [1.82, 2.24) is 15.0 Å². The number of halogens is 1. The van der Waals surface area contributed by atoms with E-state index in [4.69, 9.17) is 4.74 Å². The molecule has 168 valence electrons. The summed E-state index contributed by atoms with van der Waals surface area (Å²) in [5.74, 6) is 0.591. The fourth-order valence-electron chi connectivity index (χ4n) is 3.54. The Morgan fingerprint density at radius 1 is 0.879 bits per heavy atom. The number of rotatable bonds is 10. The minimum absolute atomic E-state index is 0.238. The fraction of sp³-hybridized carbons (Fsp3) is 0.222. The molecule has 3 aromatic carbocycles. The van der Waals surface area contributed by atoms with Crippen LogP contribution in [-0.2, 0) is 0 Å². The third-order valence-electron chi connectivity index (χ3n) is 5.37. The van der Waals surface area contributed by atoms with Gasteiger partial charge in [-0.1, -0.05) is 60.2 Å². The van der Waals surface area contributed by atoms with Crippen molar-refractivity contribution >= 4 is 23.0 Å². The monoisotopic (exact) mass is 443 g/mol. The normalized spacial score (nSPS) is 11.3. The zero-order valence-electron chi connectivity index (χ0n) is 18.4. The van der Waals surface area contributed by atoms with E-state index in [9.17, 15) is 9.18 Å². The molecule has 0 bridgehead atoms. The van der Waals surface area contributed by atoms with Crippen LogP contribution in [0.25, 0.3) is 28.2 Å². The lowest BCUT2D eigenvalue weighted by atomic mass is 10.0. The van der Waals surface area contributed by atoms with E-state index in [1.54, 1.807) is 6.08 Å². The average molecular weight is 444 g/mol. The van der Waals surface area contributed by atoms with Gasteiger partial charge in [0.25, 0.3) is 5.91 Å². The number of nitrogens with zero attached hydrogens (tertiary/aromatic N) is 3. The van der Waals surface area contributed by atoms with E-state index in [0.29, 0.717) is 24.1 Å². The van der Waals surface area contributed by atoms with E-state index in [0.717, 1.165) is 41.7 Å². The molecule has 6 heteroatoms. The van der Waals surface area contributed by atoms with Gasteiger partial charge < -0.3 is 4.74 Å². The summed E-state index contributed by atoms with van der Waals surface area (Å²) in [6.07, 6.45) is 6.75. The molecule has 0 N–H and O–H groups in total. The van der Waals surface area contributed by atoms with Crippen LogP contribution in [-0.4, -0.2) is 34.2 Å². The minimum Gasteiger partial charge on any atom is -0.494 e. The van der Waals surface area contributed by atoms with Gasteiger partial charge in [0.15, 0.2) is 0 Å². The van der Waals surface area contributed by atoms with Crippen LogP contribution in [0.2, 0.25) is 0 Å². The molecule has 5 nitrogen and oxygen atoms in total. The minimum atomic E-state index is -0.245. The molecular formula is C27H26FN3O2. The Hall–Kier alpha value is -3.80. The van der Waals surface area contributed by atoms with Crippen LogP contribution in [0.1, 0.15) is 36.0 Å². The molecule has 0 saturated carbocycles. The summed E-state index contributed by atoms with van der Waals surface area (Å²) < 4.78 is 19.1. The maximum absolute atomic E-state index is 12.5. The van der Waals surface area contributed by atoms with Gasteiger partial charge in [-0.3, -0.25) is 9.18 Å². The van der Waals surface area contributed by atoms with Gasteiger partial charge in [-0.2, -0.15) is 4.68 Å². The topological polar surface area (TPSA) is 57.0 Å². The van der Waals surface area contributed by atoms with Gasteiger partial charge in [0.05, 0.1) is 18.8 Å². The molecule has 0 atom stereocenters. The molecule has 33 heavy (non-hydrogen) atoms. The third-order valence-corrected chi connectivity index (χ3v) is 5.37. The van der Waals surface area contributed by atoms with Gasteiger partial charge in [-0.05, 0) is 66.3 Å². The van der Waals surface area contributed by atoms with Gasteiger partial charge in [0.2, 0.25) is 0 Å². The molecule has 4 rings (SSSR count). The molecule has 0 fully saturated rings. The number of hydrogen-bond donors (Lipinski definition) is 0. The van der Waals surface area contributed by atoms with Crippen LogP contribution in [0.5, 0.6) is 5.75 Å². The molecule has 0 radical (unpaired) electrons. The highest BCUT2D eigenvalue weighted by atomic mass is 19.1. The van der Waals surface area contributed by atoms with E-state index in [2.05, 4.69) is 10.3 Å². The predicted molar refractivity (Wildman–Crippen MR) is 129 cm³/mol. The van der Waals surface area contributed by atoms with Crippen LogP contribution >= 0.6 is 0 Å². The Morgan fingerprint density at radius 2 is 1.58 bits per heavy atom. The average Bonchev–Trinajstić information content (AvgIpc) is 3.30. The predicted octanol–water partition coefficient (Wildman–Crippen LogP) is 6.36. The summed E-state index contributed by atoms with van der Waals surface area (Å²) in [6, 6.07) is 23.3. The Morgan fingerprint density at radius 3 is 2.33 bits per heavy atom. The molecule has 0 saturated heterocycles. The van der Waals surface area contributed by atoms with Crippen molar-refractivity contribution in [3.05, 3.63) is 84.4 Å². The number of benzene rings is 3. The summed E-state index contributed by atoms with van der Waals surface area (Å²) >= 11 is 0. The first-order valence-electron chi connectivity index (χ1n) is 11.2. The van der Waals surface area contributed by atoms with Gasteiger partial charge in [-0.25, -0.2) is 0 Å². The first-order valence-corrected chi connectivity index (χ1v) is 11.2. The van der Waals surface area contributed by atoms with Crippen LogP contribution < -0.4 is 4.74 Å². The van der Waals surface area contributed by atoms with Crippen molar-refractivity contribution in [2.75, 3.05) is 13.3 Å². The van der Waals surface area contributed by atoms with Crippen LogP contribution in [0.3, 0.4) is 0 Å². The molecular weight excluding hydrogens is 417 g/mol. The SMILES string of the molecule is O=C(C=Cc1ccc(-c2ccc(OCCCCCCF)cc2)cc1)n1nnc2ccccc21. The zero-order valence-corrected chi connectivity index (χ0v) is 18.4. The van der Waals surface area contributed by atoms with Crippen molar-refractivity contribution in [3.63, 3.8) is 0 Å². The molecule has 4 aromatic rings. The fourth-order valence-corrected chi connectivity index (χ4v) is 3.54. The summed E-state index contributed by atoms with van der Waals surface area (Å²) in [6.45, 7) is 0.411. The van der Waals surface area contributed by atoms with Gasteiger partial charge in [0, 0.05) is 6.08 Å². The molecule has 1 heterocycles. The van der Waals surface area contributed by atoms with E-state index in [1.807, 2.05) is 72.8 Å². The highest BCUT2D eigenvalue weighted by Crippen LogP contribution is 2.23. The Kier molecular flexibility index (Phi) is 7.59. The van der Waals surface area contributed by atoms with E-state index >= 15 is 0 Å². The lowest BCUT2D eigenvalue weighted by Crippen LogP contribution is -2.08. The number of allylic oxidation sites excluding steroid dienone is 1. The van der Waals surface area contributed by atoms with E-state index in [-0.39, 0.29) is 12.6 Å². The lowest BCUT2D eigenvalue weighted by Gasteiger charge is -2.08. The van der Waals surface area contributed by atoms with Crippen molar-refractivity contribution in [3.8, 4) is 16.9 Å². The van der Waals surface area contributed by atoms with Crippen LogP contribution in [0.15, 0.2) is 78.9 Å². The molecule has 0 aliphatic heterocycles. The number of hydrogen-bond acceptors (Lipinski definition) is 4. The number of carbonyl (C=O) groups is 1. The number of alkyl halides is 1. The molecule has 1 aromatic heterocycles. The molecule has 0 aliphatic carbocycles. The second kappa shape index (κ2) is 11.2. The quantitative estimate of drug-likeness (QED) is 0.211. The zero-order chi connectivity index (χ0) is 22.9. The number of aromatic nitrogens is 3. The van der Waals surface area contributed by atoms with E-state index < -0.39 is 0 Å². The molecule has 0 unspecified atom stereocenters. The highest BCUT2D eigenvalue weighted by Gasteiger charge is 2.08. The second-order valence-corrected chi connectivity index (χ2v) is 7.76. The molecule has 0 amide bonds. The van der Waals surface area contributed by atoms with Gasteiger partial charge >= 0.3 is 0 Å². The first-order chi connectivity index (χ1) is 16.2. The Labute approximate surface area is 192 Å². The summed E-state index contributed by atoms with van der Waals surface area (Å²) in [5, 5.41) is 7.96. The largest absolute Gasteiger partial charge is 0.494 e. The second-order valence-electron chi connectivity index (χ2n) is 7.76. The Bertz CT molecular complexity index is 1210. The Balaban J connectivity index is 1.33. The number of para-hydroxylation sites is 1. The van der Waals surface area contributed by atoms with Crippen molar-refractivity contribution < 1.29 is 13.9 Å². The van der Waals surface area contributed by atoms with Crippen LogP contribution in [0, 0.1) is 0 Å². The summed E-state index contributed by atoms with van der Waals surface area (Å²) in [7, 11) is 0. The van der Waals surface area contributed by atoms with Crippen molar-refractivity contribution in [2.45, 2.75) is 25.7 Å². The standard InChI is InChI=1S/C27H26FN3O2/c28-19-5-1-2-6-20-33-24-16-14-23(15-17-24)22-12-9-21(10-13-22)11-18-27(32)31-26-8-4-3-7-25(26)29-30-31/h3-4,7-18H,1-2,5-6,19-20H2. The summed E-state index contributed by atoms with van der Waals surface area (Å²) in [4.78, 5) is 12.5. The van der Waals surface area contributed by atoms with Gasteiger partial charge in [0.1, 0.15) is 11.3 Å². The summed E-state index contributed by atoms with van der Waals surface area (Å²) in [5.41, 5.74) is 4.47. The van der Waals surface area contributed by atoms with Crippen molar-refractivity contribution in [2.24, 2.45) is 0 Å². The smallest absolute Gasteiger partial charge is 0.272 e. The number of ether oxygens (including phenoxy) is 1. The lowest BCUT2D eigenvalue weighted by molar-refractivity contribution is 0.0958. The van der Waals surface area contributed by atoms with Gasteiger partial charge in [-0.15, -0.1) is 5.10 Å². The van der Waals surface area contributed by atoms with Crippen LogP contribution in [0.4, 0.5) is 4.39 Å².